The predicted octanol–water partition coefficient (Wildman–Crippen LogP) is 2.21. The first-order chi connectivity index (χ1) is 11.7. The van der Waals surface area contributed by atoms with Crippen LogP contribution in [-0.2, 0) is 11.3 Å². The Morgan fingerprint density at radius 1 is 1.21 bits per heavy atom. The first kappa shape index (κ1) is 16.4. The second-order valence-electron chi connectivity index (χ2n) is 6.05. The molecule has 1 aromatic carbocycles. The van der Waals surface area contributed by atoms with Crippen LogP contribution in [-0.4, -0.2) is 47.2 Å². The predicted molar refractivity (Wildman–Crippen MR) is 90.0 cm³/mol. The number of imidazole rings is 1. The van der Waals surface area contributed by atoms with Gasteiger partial charge in [-0.3, -0.25) is 4.79 Å². The summed E-state index contributed by atoms with van der Waals surface area (Å²) in [6.45, 7) is 2.65. The van der Waals surface area contributed by atoms with Crippen molar-refractivity contribution in [2.24, 2.45) is 5.92 Å². The molecule has 0 atom stereocenters. The van der Waals surface area contributed by atoms with Crippen LogP contribution in [0.3, 0.4) is 0 Å². The van der Waals surface area contributed by atoms with E-state index in [1.807, 2.05) is 41.7 Å². The SMILES string of the molecule is COc1ccc(OCC(=O)N2CCC(Cn3ccnc3)CC2)cc1. The van der Waals surface area contributed by atoms with Crippen molar-refractivity contribution in [1.29, 1.82) is 0 Å². The number of ether oxygens (including phenoxy) is 2. The average Bonchev–Trinajstić information content (AvgIpc) is 3.14. The van der Waals surface area contributed by atoms with E-state index in [4.69, 9.17) is 9.47 Å². The summed E-state index contributed by atoms with van der Waals surface area (Å²) in [4.78, 5) is 18.2. The molecule has 0 bridgehead atoms. The number of benzene rings is 1. The maximum Gasteiger partial charge on any atom is 0.260 e. The van der Waals surface area contributed by atoms with E-state index in [-0.39, 0.29) is 12.5 Å². The maximum atomic E-state index is 12.3. The highest BCUT2D eigenvalue weighted by atomic mass is 16.5. The van der Waals surface area contributed by atoms with Crippen LogP contribution < -0.4 is 9.47 Å². The van der Waals surface area contributed by atoms with Crippen LogP contribution in [0.15, 0.2) is 43.0 Å². The zero-order valence-electron chi connectivity index (χ0n) is 13.9. The summed E-state index contributed by atoms with van der Waals surface area (Å²) < 4.78 is 12.8. The number of nitrogens with zero attached hydrogens (tertiary/aromatic N) is 3. The molecule has 1 aromatic heterocycles. The topological polar surface area (TPSA) is 56.6 Å². The summed E-state index contributed by atoms with van der Waals surface area (Å²) >= 11 is 0. The Morgan fingerprint density at radius 2 is 1.92 bits per heavy atom. The fourth-order valence-corrected chi connectivity index (χ4v) is 2.97. The molecule has 24 heavy (non-hydrogen) atoms. The summed E-state index contributed by atoms with van der Waals surface area (Å²) in [5, 5.41) is 0. The molecule has 0 N–H and O–H groups in total. The van der Waals surface area contributed by atoms with Crippen molar-refractivity contribution in [3.05, 3.63) is 43.0 Å². The quantitative estimate of drug-likeness (QED) is 0.815. The Bertz CT molecular complexity index is 632. The molecule has 0 unspecified atom stereocenters. The molecular weight excluding hydrogens is 306 g/mol. The second-order valence-corrected chi connectivity index (χ2v) is 6.05. The van der Waals surface area contributed by atoms with E-state index < -0.39 is 0 Å². The molecule has 0 saturated carbocycles. The Kier molecular flexibility index (Phi) is 5.36. The minimum absolute atomic E-state index is 0.0481. The van der Waals surface area contributed by atoms with Crippen LogP contribution in [0.25, 0.3) is 0 Å². The lowest BCUT2D eigenvalue weighted by Crippen LogP contribution is -2.41. The van der Waals surface area contributed by atoms with Gasteiger partial charge in [0.15, 0.2) is 6.61 Å². The smallest absolute Gasteiger partial charge is 0.260 e. The summed E-state index contributed by atoms with van der Waals surface area (Å²) in [7, 11) is 1.62. The van der Waals surface area contributed by atoms with Gasteiger partial charge in [-0.05, 0) is 43.0 Å². The largest absolute Gasteiger partial charge is 0.497 e. The van der Waals surface area contributed by atoms with Crippen LogP contribution in [0.2, 0.25) is 0 Å². The van der Waals surface area contributed by atoms with Gasteiger partial charge in [0, 0.05) is 32.0 Å². The number of methoxy groups -OCH3 is 1. The van der Waals surface area contributed by atoms with E-state index in [9.17, 15) is 4.79 Å². The van der Waals surface area contributed by atoms with Crippen molar-refractivity contribution in [3.63, 3.8) is 0 Å². The zero-order chi connectivity index (χ0) is 16.8. The summed E-state index contributed by atoms with van der Waals surface area (Å²) in [6, 6.07) is 7.26. The highest BCUT2D eigenvalue weighted by Crippen LogP contribution is 2.20. The van der Waals surface area contributed by atoms with E-state index in [0.717, 1.165) is 38.2 Å². The lowest BCUT2D eigenvalue weighted by atomic mass is 9.97. The fraction of sp³-hybridized carbons (Fsp3) is 0.444. The molecule has 1 aliphatic rings. The van der Waals surface area contributed by atoms with E-state index in [2.05, 4.69) is 9.55 Å². The number of carbonyl (C=O) groups is 1. The van der Waals surface area contributed by atoms with Crippen molar-refractivity contribution < 1.29 is 14.3 Å². The second kappa shape index (κ2) is 7.86. The van der Waals surface area contributed by atoms with Crippen molar-refractivity contribution >= 4 is 5.91 Å². The highest BCUT2D eigenvalue weighted by Gasteiger charge is 2.23. The van der Waals surface area contributed by atoms with E-state index in [1.165, 1.54) is 0 Å². The number of carbonyl (C=O) groups excluding carboxylic acids is 1. The first-order valence-corrected chi connectivity index (χ1v) is 8.25. The van der Waals surface area contributed by atoms with Crippen LogP contribution in [0.1, 0.15) is 12.8 Å². The molecule has 0 aliphatic carbocycles. The molecule has 1 aliphatic heterocycles. The van der Waals surface area contributed by atoms with Gasteiger partial charge in [0.25, 0.3) is 5.91 Å². The van der Waals surface area contributed by atoms with Crippen molar-refractivity contribution in [2.75, 3.05) is 26.8 Å². The molecule has 6 heteroatoms. The molecular formula is C18H23N3O3. The Labute approximate surface area is 142 Å². The number of likely N-dealkylation sites (tertiary alicyclic amines) is 1. The van der Waals surface area contributed by atoms with Gasteiger partial charge in [0.05, 0.1) is 13.4 Å². The molecule has 0 spiro atoms. The number of aromatic nitrogens is 2. The number of rotatable bonds is 6. The molecule has 1 saturated heterocycles. The summed E-state index contributed by atoms with van der Waals surface area (Å²) in [5.74, 6) is 2.10. The van der Waals surface area contributed by atoms with Gasteiger partial charge in [-0.15, -0.1) is 0 Å². The molecule has 3 rings (SSSR count). The molecule has 1 fully saturated rings. The molecule has 6 nitrogen and oxygen atoms in total. The monoisotopic (exact) mass is 329 g/mol. The standard InChI is InChI=1S/C18H23N3O3/c1-23-16-2-4-17(5-3-16)24-13-18(22)21-9-6-15(7-10-21)12-20-11-8-19-14-20/h2-5,8,11,14-15H,6-7,9-10,12-13H2,1H3. The zero-order valence-corrected chi connectivity index (χ0v) is 13.9. The Balaban J connectivity index is 1.41. The molecule has 2 aromatic rings. The Hall–Kier alpha value is -2.50. The number of hydrogen-bond acceptors (Lipinski definition) is 4. The van der Waals surface area contributed by atoms with Gasteiger partial charge in [-0.25, -0.2) is 4.98 Å². The lowest BCUT2D eigenvalue weighted by Gasteiger charge is -2.32. The lowest BCUT2D eigenvalue weighted by molar-refractivity contribution is -0.134. The summed E-state index contributed by atoms with van der Waals surface area (Å²) in [5.41, 5.74) is 0. The third-order valence-electron chi connectivity index (χ3n) is 4.42. The highest BCUT2D eigenvalue weighted by molar-refractivity contribution is 5.77. The average molecular weight is 329 g/mol. The van der Waals surface area contributed by atoms with Gasteiger partial charge in [0.1, 0.15) is 11.5 Å². The van der Waals surface area contributed by atoms with Gasteiger partial charge in [0.2, 0.25) is 0 Å². The van der Waals surface area contributed by atoms with Crippen molar-refractivity contribution in [2.45, 2.75) is 19.4 Å². The van der Waals surface area contributed by atoms with E-state index in [0.29, 0.717) is 11.7 Å². The van der Waals surface area contributed by atoms with Gasteiger partial charge >= 0.3 is 0 Å². The molecule has 1 amide bonds. The van der Waals surface area contributed by atoms with Crippen LogP contribution >= 0.6 is 0 Å². The minimum Gasteiger partial charge on any atom is -0.497 e. The molecule has 2 heterocycles. The van der Waals surface area contributed by atoms with Crippen molar-refractivity contribution in [1.82, 2.24) is 14.5 Å². The Morgan fingerprint density at radius 3 is 2.54 bits per heavy atom. The van der Waals surface area contributed by atoms with Gasteiger partial charge in [-0.2, -0.15) is 0 Å². The van der Waals surface area contributed by atoms with Crippen LogP contribution in [0, 0.1) is 5.92 Å². The number of hydrogen-bond donors (Lipinski definition) is 0. The molecule has 128 valence electrons. The first-order valence-electron chi connectivity index (χ1n) is 8.25. The third kappa shape index (κ3) is 4.28. The maximum absolute atomic E-state index is 12.3. The third-order valence-corrected chi connectivity index (χ3v) is 4.42. The minimum atomic E-state index is 0.0481. The fourth-order valence-electron chi connectivity index (χ4n) is 2.97. The number of piperidine rings is 1. The van der Waals surface area contributed by atoms with Gasteiger partial charge < -0.3 is 18.9 Å². The van der Waals surface area contributed by atoms with Crippen molar-refractivity contribution in [3.8, 4) is 11.5 Å². The van der Waals surface area contributed by atoms with E-state index >= 15 is 0 Å². The number of amides is 1. The van der Waals surface area contributed by atoms with E-state index in [1.54, 1.807) is 13.3 Å². The normalized spacial score (nSPS) is 15.3. The van der Waals surface area contributed by atoms with Crippen LogP contribution in [0.4, 0.5) is 0 Å². The van der Waals surface area contributed by atoms with Gasteiger partial charge in [-0.1, -0.05) is 0 Å². The molecule has 0 radical (unpaired) electrons. The van der Waals surface area contributed by atoms with Crippen LogP contribution in [0.5, 0.6) is 11.5 Å². The summed E-state index contributed by atoms with van der Waals surface area (Å²) in [6.07, 6.45) is 7.68.